The van der Waals surface area contributed by atoms with E-state index in [1.165, 1.54) is 29.2 Å². The molecule has 8 heteroatoms. The molecule has 0 bridgehead atoms. The van der Waals surface area contributed by atoms with E-state index in [0.29, 0.717) is 16.8 Å². The number of benzene rings is 3. The molecule has 0 spiro atoms. The van der Waals surface area contributed by atoms with Crippen LogP contribution in [0.1, 0.15) is 46.0 Å². The molecule has 2 fully saturated rings. The van der Waals surface area contributed by atoms with Crippen molar-refractivity contribution in [3.63, 3.8) is 0 Å². The van der Waals surface area contributed by atoms with Crippen molar-refractivity contribution in [3.8, 4) is 0 Å². The van der Waals surface area contributed by atoms with Gasteiger partial charge in [-0.2, -0.15) is 0 Å². The number of nitrogens with zero attached hydrogens (tertiary/aromatic N) is 1. The average molecular weight is 488 g/mol. The Balaban J connectivity index is 1.39. The van der Waals surface area contributed by atoms with Gasteiger partial charge in [-0.05, 0) is 67.3 Å². The molecule has 1 saturated heterocycles. The highest BCUT2D eigenvalue weighted by Gasteiger charge is 2.48. The summed E-state index contributed by atoms with van der Waals surface area (Å²) >= 11 is 0. The van der Waals surface area contributed by atoms with E-state index in [4.69, 9.17) is 4.74 Å². The smallest absolute Gasteiger partial charge is 0.411 e. The van der Waals surface area contributed by atoms with Crippen molar-refractivity contribution < 1.29 is 23.5 Å². The summed E-state index contributed by atoms with van der Waals surface area (Å²) in [6.07, 6.45) is 0.420. The molecule has 3 aromatic carbocycles. The van der Waals surface area contributed by atoms with Crippen molar-refractivity contribution in [1.82, 2.24) is 10.2 Å². The number of carbonyl (C=O) groups excluding carboxylic acids is 3. The van der Waals surface area contributed by atoms with Crippen LogP contribution in [-0.4, -0.2) is 34.9 Å². The van der Waals surface area contributed by atoms with Crippen LogP contribution in [0.15, 0.2) is 72.8 Å². The van der Waals surface area contributed by atoms with Crippen LogP contribution in [0.4, 0.5) is 14.9 Å². The zero-order chi connectivity index (χ0) is 25.2. The minimum atomic E-state index is -0.859. The van der Waals surface area contributed by atoms with Crippen LogP contribution in [0, 0.1) is 12.7 Å². The van der Waals surface area contributed by atoms with E-state index in [1.54, 1.807) is 24.3 Å². The number of anilines is 1. The van der Waals surface area contributed by atoms with Crippen LogP contribution in [0.5, 0.6) is 0 Å². The lowest BCUT2D eigenvalue weighted by Gasteiger charge is -2.24. The number of hydrogen-bond acceptors (Lipinski definition) is 4. The molecule has 2 atom stereocenters. The summed E-state index contributed by atoms with van der Waals surface area (Å²) in [5.41, 5.74) is 3.35. The first-order chi connectivity index (χ1) is 17.4. The van der Waals surface area contributed by atoms with Gasteiger partial charge in [0.1, 0.15) is 5.82 Å². The third kappa shape index (κ3) is 5.22. The number of amides is 3. The number of ether oxygens (including phenoxy) is 1. The Hall–Kier alpha value is -4.20. The van der Waals surface area contributed by atoms with E-state index in [0.717, 1.165) is 24.0 Å². The topological polar surface area (TPSA) is 87.7 Å². The van der Waals surface area contributed by atoms with E-state index in [1.807, 2.05) is 31.2 Å². The normalized spacial score (nSPS) is 19.1. The summed E-state index contributed by atoms with van der Waals surface area (Å²) < 4.78 is 18.9. The third-order valence-corrected chi connectivity index (χ3v) is 6.33. The quantitative estimate of drug-likeness (QED) is 0.505. The lowest BCUT2D eigenvalue weighted by atomic mass is 10.00. The number of halogens is 1. The SMILES string of the molecule is Cc1ccc(CN2C(=O)O[C@H](c3cccc(NC(=O)c4ccc(F)cc4)c3)[C@@H]2C(=O)NC2CC2)cc1. The molecular weight excluding hydrogens is 461 g/mol. The van der Waals surface area contributed by atoms with Gasteiger partial charge in [0, 0.05) is 17.3 Å². The molecule has 1 aliphatic heterocycles. The van der Waals surface area contributed by atoms with Gasteiger partial charge in [-0.25, -0.2) is 9.18 Å². The van der Waals surface area contributed by atoms with Crippen molar-refractivity contribution in [3.05, 3.63) is 101 Å². The molecule has 1 heterocycles. The highest BCUT2D eigenvalue weighted by molar-refractivity contribution is 6.04. The van der Waals surface area contributed by atoms with Gasteiger partial charge in [0.15, 0.2) is 12.1 Å². The van der Waals surface area contributed by atoms with Crippen LogP contribution >= 0.6 is 0 Å². The molecule has 1 saturated carbocycles. The van der Waals surface area contributed by atoms with Crippen molar-refractivity contribution in [2.45, 2.75) is 44.5 Å². The number of aryl methyl sites for hydroxylation is 1. The van der Waals surface area contributed by atoms with E-state index in [-0.39, 0.29) is 18.5 Å². The van der Waals surface area contributed by atoms with Crippen LogP contribution in [0.25, 0.3) is 0 Å². The summed E-state index contributed by atoms with van der Waals surface area (Å²) in [4.78, 5) is 40.3. The Morgan fingerprint density at radius 2 is 1.75 bits per heavy atom. The third-order valence-electron chi connectivity index (χ3n) is 6.33. The fourth-order valence-electron chi connectivity index (χ4n) is 4.21. The monoisotopic (exact) mass is 487 g/mol. The van der Waals surface area contributed by atoms with Gasteiger partial charge in [-0.1, -0.05) is 42.0 Å². The first kappa shape index (κ1) is 23.5. The molecule has 3 aromatic rings. The maximum Gasteiger partial charge on any atom is 0.411 e. The summed E-state index contributed by atoms with van der Waals surface area (Å²) in [7, 11) is 0. The number of rotatable bonds is 7. The van der Waals surface area contributed by atoms with Crippen LogP contribution in [0.3, 0.4) is 0 Å². The second-order valence-electron chi connectivity index (χ2n) is 9.23. The summed E-state index contributed by atoms with van der Waals surface area (Å²) in [5.74, 6) is -1.09. The Morgan fingerprint density at radius 3 is 2.44 bits per heavy atom. The van der Waals surface area contributed by atoms with Gasteiger partial charge in [-0.3, -0.25) is 14.5 Å². The van der Waals surface area contributed by atoms with Crippen LogP contribution < -0.4 is 10.6 Å². The fourth-order valence-corrected chi connectivity index (χ4v) is 4.21. The lowest BCUT2D eigenvalue weighted by Crippen LogP contribution is -2.46. The number of hydrogen-bond donors (Lipinski definition) is 2. The number of nitrogens with one attached hydrogen (secondary N) is 2. The van der Waals surface area contributed by atoms with Gasteiger partial charge in [0.25, 0.3) is 5.91 Å². The maximum absolute atomic E-state index is 13.3. The molecule has 1 aliphatic carbocycles. The first-order valence-electron chi connectivity index (χ1n) is 11.9. The first-order valence-corrected chi connectivity index (χ1v) is 11.9. The van der Waals surface area contributed by atoms with Crippen molar-refractivity contribution in [2.75, 3.05) is 5.32 Å². The standard InChI is InChI=1S/C28H26FN3O4/c1-17-5-7-18(8-6-17)16-32-24(27(34)30-22-13-14-22)25(36-28(32)35)20-3-2-4-23(15-20)31-26(33)19-9-11-21(29)12-10-19/h2-12,15,22,24-25H,13-14,16H2,1H3,(H,30,34)(H,31,33)/t24-,25-/m1/s1. The molecule has 2 aliphatic rings. The molecular formula is C28H26FN3O4. The van der Waals surface area contributed by atoms with Crippen LogP contribution in [-0.2, 0) is 16.1 Å². The minimum absolute atomic E-state index is 0.122. The minimum Gasteiger partial charge on any atom is -0.438 e. The molecule has 3 amide bonds. The Kier molecular flexibility index (Phi) is 6.41. The molecule has 2 N–H and O–H groups in total. The van der Waals surface area contributed by atoms with Gasteiger partial charge in [0.05, 0.1) is 6.54 Å². The largest absolute Gasteiger partial charge is 0.438 e. The second kappa shape index (κ2) is 9.81. The Bertz CT molecular complexity index is 1290. The second-order valence-corrected chi connectivity index (χ2v) is 9.23. The fraction of sp³-hybridized carbons (Fsp3) is 0.250. The summed E-state index contributed by atoms with van der Waals surface area (Å²) in [6.45, 7) is 2.22. The Morgan fingerprint density at radius 1 is 1.03 bits per heavy atom. The van der Waals surface area contributed by atoms with Crippen molar-refractivity contribution in [2.24, 2.45) is 0 Å². The highest BCUT2D eigenvalue weighted by atomic mass is 19.1. The van der Waals surface area contributed by atoms with E-state index < -0.39 is 30.0 Å². The highest BCUT2D eigenvalue weighted by Crippen LogP contribution is 2.35. The molecule has 36 heavy (non-hydrogen) atoms. The maximum atomic E-state index is 13.3. The molecule has 7 nitrogen and oxygen atoms in total. The summed E-state index contributed by atoms with van der Waals surface area (Å²) in [6, 6.07) is 19.1. The molecule has 0 unspecified atom stereocenters. The zero-order valence-corrected chi connectivity index (χ0v) is 19.7. The molecule has 0 aromatic heterocycles. The van der Waals surface area contributed by atoms with E-state index in [9.17, 15) is 18.8 Å². The van der Waals surface area contributed by atoms with Crippen molar-refractivity contribution in [1.29, 1.82) is 0 Å². The van der Waals surface area contributed by atoms with E-state index >= 15 is 0 Å². The molecule has 5 rings (SSSR count). The van der Waals surface area contributed by atoms with Crippen LogP contribution in [0.2, 0.25) is 0 Å². The van der Waals surface area contributed by atoms with Gasteiger partial charge < -0.3 is 15.4 Å². The van der Waals surface area contributed by atoms with Gasteiger partial charge in [-0.15, -0.1) is 0 Å². The molecule has 184 valence electrons. The predicted octanol–water partition coefficient (Wildman–Crippen LogP) is 4.73. The molecule has 0 radical (unpaired) electrons. The average Bonchev–Trinajstić information content (AvgIpc) is 3.62. The Labute approximate surface area is 208 Å². The summed E-state index contributed by atoms with van der Waals surface area (Å²) in [5, 5.41) is 5.78. The van der Waals surface area contributed by atoms with Gasteiger partial charge >= 0.3 is 6.09 Å². The number of carbonyl (C=O) groups is 3. The van der Waals surface area contributed by atoms with E-state index in [2.05, 4.69) is 10.6 Å². The zero-order valence-electron chi connectivity index (χ0n) is 19.7. The predicted molar refractivity (Wildman–Crippen MR) is 132 cm³/mol. The van der Waals surface area contributed by atoms with Crippen molar-refractivity contribution >= 4 is 23.6 Å². The number of cyclic esters (lactones) is 1. The van der Waals surface area contributed by atoms with Gasteiger partial charge in [0.2, 0.25) is 5.91 Å². The lowest BCUT2D eigenvalue weighted by molar-refractivity contribution is -0.126.